The van der Waals surface area contributed by atoms with E-state index >= 15 is 0 Å². The fraction of sp³-hybridized carbons (Fsp3) is 0.533. The van der Waals surface area contributed by atoms with Gasteiger partial charge in [-0.15, -0.1) is 0 Å². The lowest BCUT2D eigenvalue weighted by Crippen LogP contribution is -2.25. The Bertz CT molecular complexity index is 476. The average molecular weight is 282 g/mol. The first kappa shape index (κ1) is 14.2. The number of nitrogens with one attached hydrogen (secondary N) is 1. The molecule has 4 heteroatoms. The normalized spacial score (nSPS) is 15.2. The SMILES string of the molecule is CC(C)(C)OC(=O)Cc1cc(NC2CC2)ccc1Cl. The third kappa shape index (κ3) is 4.75. The van der Waals surface area contributed by atoms with Gasteiger partial charge in [0.05, 0.1) is 6.42 Å². The van der Waals surface area contributed by atoms with Gasteiger partial charge < -0.3 is 10.1 Å². The van der Waals surface area contributed by atoms with Crippen molar-refractivity contribution in [2.75, 3.05) is 5.32 Å². The van der Waals surface area contributed by atoms with E-state index in [0.717, 1.165) is 11.3 Å². The summed E-state index contributed by atoms with van der Waals surface area (Å²) in [5, 5.41) is 4.00. The molecule has 1 saturated carbocycles. The summed E-state index contributed by atoms with van der Waals surface area (Å²) in [6.07, 6.45) is 2.63. The van der Waals surface area contributed by atoms with Crippen molar-refractivity contribution >= 4 is 23.3 Å². The van der Waals surface area contributed by atoms with Crippen LogP contribution in [0.15, 0.2) is 18.2 Å². The topological polar surface area (TPSA) is 38.3 Å². The van der Waals surface area contributed by atoms with Crippen LogP contribution in [0.4, 0.5) is 5.69 Å². The number of hydrogen-bond acceptors (Lipinski definition) is 3. The van der Waals surface area contributed by atoms with Gasteiger partial charge in [-0.2, -0.15) is 0 Å². The highest BCUT2D eigenvalue weighted by atomic mass is 35.5. The van der Waals surface area contributed by atoms with Crippen molar-refractivity contribution in [3.05, 3.63) is 28.8 Å². The highest BCUT2D eigenvalue weighted by Gasteiger charge is 2.21. The zero-order valence-corrected chi connectivity index (χ0v) is 12.4. The number of benzene rings is 1. The Hall–Kier alpha value is -1.22. The summed E-state index contributed by atoms with van der Waals surface area (Å²) in [6.45, 7) is 5.58. The molecule has 1 N–H and O–H groups in total. The Morgan fingerprint density at radius 1 is 1.42 bits per heavy atom. The fourth-order valence-electron chi connectivity index (χ4n) is 1.80. The van der Waals surface area contributed by atoms with Gasteiger partial charge in [0.1, 0.15) is 5.60 Å². The smallest absolute Gasteiger partial charge is 0.310 e. The molecule has 1 aromatic rings. The monoisotopic (exact) mass is 281 g/mol. The van der Waals surface area contributed by atoms with Crippen molar-refractivity contribution in [3.63, 3.8) is 0 Å². The Kier molecular flexibility index (Phi) is 4.04. The lowest BCUT2D eigenvalue weighted by atomic mass is 10.1. The van der Waals surface area contributed by atoms with Crippen LogP contribution < -0.4 is 5.32 Å². The molecule has 0 bridgehead atoms. The highest BCUT2D eigenvalue weighted by Crippen LogP contribution is 2.27. The van der Waals surface area contributed by atoms with E-state index in [1.807, 2.05) is 39.0 Å². The van der Waals surface area contributed by atoms with Crippen LogP contribution in [0.2, 0.25) is 5.02 Å². The predicted octanol–water partition coefficient (Wildman–Crippen LogP) is 3.80. The molecule has 0 aliphatic heterocycles. The third-order valence-corrected chi connectivity index (χ3v) is 3.12. The zero-order chi connectivity index (χ0) is 14.0. The van der Waals surface area contributed by atoms with Crippen LogP contribution in [0.3, 0.4) is 0 Å². The fourth-order valence-corrected chi connectivity index (χ4v) is 1.98. The molecule has 1 fully saturated rings. The van der Waals surface area contributed by atoms with Crippen LogP contribution in [-0.2, 0) is 16.0 Å². The zero-order valence-electron chi connectivity index (χ0n) is 11.6. The molecule has 0 spiro atoms. The second-order valence-corrected chi connectivity index (χ2v) is 6.40. The van der Waals surface area contributed by atoms with Crippen LogP contribution >= 0.6 is 11.6 Å². The molecule has 1 aliphatic rings. The number of rotatable bonds is 4. The van der Waals surface area contributed by atoms with Gasteiger partial charge in [0.25, 0.3) is 0 Å². The van der Waals surface area contributed by atoms with Gasteiger partial charge in [0.2, 0.25) is 0 Å². The van der Waals surface area contributed by atoms with Crippen molar-refractivity contribution in [3.8, 4) is 0 Å². The van der Waals surface area contributed by atoms with Gasteiger partial charge in [-0.05, 0) is 57.4 Å². The standard InChI is InChI=1S/C15H20ClNO2/c1-15(2,3)19-14(18)9-10-8-12(6-7-13(10)16)17-11-4-5-11/h6-8,11,17H,4-5,9H2,1-3H3. The van der Waals surface area contributed by atoms with Gasteiger partial charge >= 0.3 is 5.97 Å². The largest absolute Gasteiger partial charge is 0.460 e. The second-order valence-electron chi connectivity index (χ2n) is 5.99. The van der Waals surface area contributed by atoms with Gasteiger partial charge in [-0.1, -0.05) is 11.6 Å². The molecule has 0 saturated heterocycles. The maximum Gasteiger partial charge on any atom is 0.310 e. The number of esters is 1. The Morgan fingerprint density at radius 3 is 2.68 bits per heavy atom. The minimum atomic E-state index is -0.465. The quantitative estimate of drug-likeness (QED) is 0.853. The Morgan fingerprint density at radius 2 is 2.11 bits per heavy atom. The first-order valence-electron chi connectivity index (χ1n) is 6.60. The maximum atomic E-state index is 11.8. The summed E-state index contributed by atoms with van der Waals surface area (Å²) in [7, 11) is 0. The van der Waals surface area contributed by atoms with E-state index < -0.39 is 5.60 Å². The van der Waals surface area contributed by atoms with E-state index in [1.54, 1.807) is 0 Å². The Balaban J connectivity index is 2.03. The minimum Gasteiger partial charge on any atom is -0.460 e. The van der Waals surface area contributed by atoms with Crippen LogP contribution in [0.25, 0.3) is 0 Å². The van der Waals surface area contributed by atoms with Gasteiger partial charge in [0, 0.05) is 16.8 Å². The molecule has 0 radical (unpaired) electrons. The van der Waals surface area contributed by atoms with Crippen molar-refractivity contribution in [2.45, 2.75) is 51.7 Å². The van der Waals surface area contributed by atoms with Crippen LogP contribution in [0.5, 0.6) is 0 Å². The minimum absolute atomic E-state index is 0.205. The molecule has 0 aromatic heterocycles. The van der Waals surface area contributed by atoms with E-state index in [0.29, 0.717) is 11.1 Å². The van der Waals surface area contributed by atoms with Crippen molar-refractivity contribution in [1.29, 1.82) is 0 Å². The van der Waals surface area contributed by atoms with Gasteiger partial charge in [0.15, 0.2) is 0 Å². The Labute approximate surface area is 119 Å². The summed E-state index contributed by atoms with van der Waals surface area (Å²) < 4.78 is 5.31. The molecular formula is C15H20ClNO2. The lowest BCUT2D eigenvalue weighted by Gasteiger charge is -2.19. The molecule has 2 rings (SSSR count). The summed E-state index contributed by atoms with van der Waals surface area (Å²) in [4.78, 5) is 11.8. The first-order valence-corrected chi connectivity index (χ1v) is 6.98. The molecule has 0 amide bonds. The molecule has 3 nitrogen and oxygen atoms in total. The van der Waals surface area contributed by atoms with Crippen molar-refractivity contribution < 1.29 is 9.53 Å². The molecule has 1 aromatic carbocycles. The molecule has 0 heterocycles. The van der Waals surface area contributed by atoms with Crippen LogP contribution in [0, 0.1) is 0 Å². The van der Waals surface area contributed by atoms with E-state index in [-0.39, 0.29) is 12.4 Å². The van der Waals surface area contributed by atoms with E-state index in [4.69, 9.17) is 16.3 Å². The van der Waals surface area contributed by atoms with E-state index in [2.05, 4.69) is 5.32 Å². The van der Waals surface area contributed by atoms with Crippen LogP contribution in [0.1, 0.15) is 39.2 Å². The summed E-state index contributed by atoms with van der Waals surface area (Å²) in [5.41, 5.74) is 1.36. The van der Waals surface area contributed by atoms with Gasteiger partial charge in [-0.25, -0.2) is 0 Å². The van der Waals surface area contributed by atoms with Crippen LogP contribution in [-0.4, -0.2) is 17.6 Å². The maximum absolute atomic E-state index is 11.8. The summed E-state index contributed by atoms with van der Waals surface area (Å²) in [6, 6.07) is 6.28. The summed E-state index contributed by atoms with van der Waals surface area (Å²) >= 11 is 6.13. The third-order valence-electron chi connectivity index (χ3n) is 2.75. The van der Waals surface area contributed by atoms with Gasteiger partial charge in [-0.3, -0.25) is 4.79 Å². The molecule has 0 unspecified atom stereocenters. The van der Waals surface area contributed by atoms with Crippen molar-refractivity contribution in [2.24, 2.45) is 0 Å². The summed E-state index contributed by atoms with van der Waals surface area (Å²) in [5.74, 6) is -0.252. The molecule has 0 atom stereocenters. The molecule has 104 valence electrons. The molecule has 1 aliphatic carbocycles. The van der Waals surface area contributed by atoms with E-state index in [9.17, 15) is 4.79 Å². The predicted molar refractivity (Wildman–Crippen MR) is 77.6 cm³/mol. The number of ether oxygens (including phenoxy) is 1. The average Bonchev–Trinajstić information content (AvgIpc) is 3.04. The van der Waals surface area contributed by atoms with Crippen molar-refractivity contribution in [1.82, 2.24) is 0 Å². The highest BCUT2D eigenvalue weighted by molar-refractivity contribution is 6.31. The molecular weight excluding hydrogens is 262 g/mol. The first-order chi connectivity index (χ1) is 8.83. The lowest BCUT2D eigenvalue weighted by molar-refractivity contribution is -0.153. The van der Waals surface area contributed by atoms with E-state index in [1.165, 1.54) is 12.8 Å². The number of anilines is 1. The number of carbonyl (C=O) groups excluding carboxylic acids is 1. The number of carbonyl (C=O) groups is 1. The molecule has 19 heavy (non-hydrogen) atoms. The second kappa shape index (κ2) is 5.41. The number of halogens is 1. The number of hydrogen-bond donors (Lipinski definition) is 1.